The van der Waals surface area contributed by atoms with E-state index in [4.69, 9.17) is 0 Å². The topological polar surface area (TPSA) is 12.0 Å². The van der Waals surface area contributed by atoms with Crippen molar-refractivity contribution in [2.45, 2.75) is 26.3 Å². The van der Waals surface area contributed by atoms with Crippen molar-refractivity contribution in [3.8, 4) is 0 Å². The van der Waals surface area contributed by atoms with Crippen LogP contribution in [0.2, 0.25) is 0 Å². The molecule has 0 radical (unpaired) electrons. The Labute approximate surface area is 116 Å². The average molecular weight is 281 g/mol. The molecule has 1 N–H and O–H groups in total. The van der Waals surface area contributed by atoms with Gasteiger partial charge in [0.15, 0.2) is 0 Å². The molecular weight excluding hydrogens is 264 g/mol. The molecule has 0 fully saturated rings. The highest BCUT2D eigenvalue weighted by atomic mass is 32.1. The smallest absolute Gasteiger partial charge is 0.134 e. The molecule has 0 saturated heterocycles. The molecule has 4 heteroatoms. The van der Waals surface area contributed by atoms with E-state index in [0.29, 0.717) is 5.56 Å². The van der Waals surface area contributed by atoms with Crippen molar-refractivity contribution in [1.82, 2.24) is 5.32 Å². The fourth-order valence-corrected chi connectivity index (χ4v) is 3.36. The summed E-state index contributed by atoms with van der Waals surface area (Å²) in [6.07, 6.45) is 0.853. The number of hydrogen-bond donors (Lipinski definition) is 1. The van der Waals surface area contributed by atoms with Crippen LogP contribution < -0.4 is 5.32 Å². The third kappa shape index (κ3) is 2.55. The molecule has 1 unspecified atom stereocenters. The van der Waals surface area contributed by atoms with Crippen LogP contribution >= 0.6 is 11.3 Å². The van der Waals surface area contributed by atoms with Gasteiger partial charge in [-0.15, -0.1) is 11.3 Å². The largest absolute Gasteiger partial charge is 0.308 e. The van der Waals surface area contributed by atoms with Crippen LogP contribution in [0, 0.1) is 18.6 Å². The van der Waals surface area contributed by atoms with Crippen molar-refractivity contribution in [3.05, 3.63) is 56.8 Å². The Morgan fingerprint density at radius 2 is 2.00 bits per heavy atom. The predicted molar refractivity (Wildman–Crippen MR) is 75.7 cm³/mol. The molecule has 0 bridgehead atoms. The Morgan fingerprint density at radius 1 is 1.26 bits per heavy atom. The van der Waals surface area contributed by atoms with Crippen molar-refractivity contribution in [3.63, 3.8) is 0 Å². The van der Waals surface area contributed by atoms with E-state index in [1.54, 1.807) is 14.0 Å². The molecule has 102 valence electrons. The number of halogens is 2. The standard InChI is InChI=1S/C15H17F2NS/c1-4-10-7-8-19-15(10)14(18-3)12-11(16)6-5-9(2)13(12)17/h5-8,14,18H,4H2,1-3H3. The molecule has 0 amide bonds. The summed E-state index contributed by atoms with van der Waals surface area (Å²) in [7, 11) is 1.73. The third-order valence-corrected chi connectivity index (χ3v) is 4.34. The summed E-state index contributed by atoms with van der Waals surface area (Å²) < 4.78 is 28.3. The van der Waals surface area contributed by atoms with Gasteiger partial charge in [0.25, 0.3) is 0 Å². The van der Waals surface area contributed by atoms with Crippen LogP contribution in [0.4, 0.5) is 8.78 Å². The number of hydrogen-bond acceptors (Lipinski definition) is 2. The minimum atomic E-state index is -0.502. The maximum atomic E-state index is 14.3. The Balaban J connectivity index is 2.58. The average Bonchev–Trinajstić information content (AvgIpc) is 2.87. The van der Waals surface area contributed by atoms with Gasteiger partial charge < -0.3 is 5.32 Å². The minimum Gasteiger partial charge on any atom is -0.308 e. The fourth-order valence-electron chi connectivity index (χ4n) is 2.24. The summed E-state index contributed by atoms with van der Waals surface area (Å²) in [6, 6.07) is 4.37. The Hall–Kier alpha value is -1.26. The molecule has 0 aliphatic rings. The zero-order valence-electron chi connectivity index (χ0n) is 11.3. The van der Waals surface area contributed by atoms with Crippen LogP contribution in [-0.2, 0) is 6.42 Å². The normalized spacial score (nSPS) is 12.7. The monoisotopic (exact) mass is 281 g/mol. The lowest BCUT2D eigenvalue weighted by molar-refractivity contribution is 0.519. The summed E-state index contributed by atoms with van der Waals surface area (Å²) in [4.78, 5) is 0.980. The van der Waals surface area contributed by atoms with E-state index in [1.807, 2.05) is 18.4 Å². The predicted octanol–water partition coefficient (Wildman–Crippen LogP) is 4.21. The number of aryl methyl sites for hydroxylation is 2. The molecule has 0 spiro atoms. The molecule has 19 heavy (non-hydrogen) atoms. The van der Waals surface area contributed by atoms with Gasteiger partial charge in [-0.25, -0.2) is 8.78 Å². The second-order valence-corrected chi connectivity index (χ2v) is 5.42. The highest BCUT2D eigenvalue weighted by Crippen LogP contribution is 2.33. The van der Waals surface area contributed by atoms with Crippen LogP contribution in [0.1, 0.15) is 34.5 Å². The van der Waals surface area contributed by atoms with Crippen molar-refractivity contribution in [2.24, 2.45) is 0 Å². The van der Waals surface area contributed by atoms with E-state index in [2.05, 4.69) is 5.32 Å². The van der Waals surface area contributed by atoms with Gasteiger partial charge in [0.05, 0.1) is 6.04 Å². The van der Waals surface area contributed by atoms with Gasteiger partial charge >= 0.3 is 0 Å². The molecule has 1 heterocycles. The van der Waals surface area contributed by atoms with Gasteiger partial charge in [-0.2, -0.15) is 0 Å². The van der Waals surface area contributed by atoms with E-state index in [9.17, 15) is 8.78 Å². The summed E-state index contributed by atoms with van der Waals surface area (Å²) >= 11 is 1.53. The second kappa shape index (κ2) is 5.80. The van der Waals surface area contributed by atoms with Gasteiger partial charge in [0.2, 0.25) is 0 Å². The summed E-state index contributed by atoms with van der Waals surface area (Å²) in [5.41, 5.74) is 1.70. The molecule has 2 aromatic rings. The van der Waals surface area contributed by atoms with Crippen LogP contribution in [0.3, 0.4) is 0 Å². The van der Waals surface area contributed by atoms with E-state index in [1.165, 1.54) is 23.5 Å². The Morgan fingerprint density at radius 3 is 2.63 bits per heavy atom. The van der Waals surface area contributed by atoms with Crippen LogP contribution in [0.25, 0.3) is 0 Å². The van der Waals surface area contributed by atoms with Crippen LogP contribution in [-0.4, -0.2) is 7.05 Å². The van der Waals surface area contributed by atoms with Gasteiger partial charge in [0.1, 0.15) is 11.6 Å². The summed E-state index contributed by atoms with van der Waals surface area (Å²) in [5, 5.41) is 5.00. The number of thiophene rings is 1. The van der Waals surface area contributed by atoms with E-state index >= 15 is 0 Å². The van der Waals surface area contributed by atoms with Crippen LogP contribution in [0.5, 0.6) is 0 Å². The molecule has 0 saturated carbocycles. The van der Waals surface area contributed by atoms with E-state index < -0.39 is 17.7 Å². The molecule has 1 aromatic heterocycles. The van der Waals surface area contributed by atoms with E-state index in [0.717, 1.165) is 16.9 Å². The maximum absolute atomic E-state index is 14.3. The number of nitrogens with one attached hydrogen (secondary N) is 1. The van der Waals surface area contributed by atoms with Crippen molar-refractivity contribution in [1.29, 1.82) is 0 Å². The zero-order chi connectivity index (χ0) is 14.0. The first-order valence-electron chi connectivity index (χ1n) is 6.28. The van der Waals surface area contributed by atoms with Crippen LogP contribution in [0.15, 0.2) is 23.6 Å². The first-order valence-corrected chi connectivity index (χ1v) is 7.16. The Kier molecular flexibility index (Phi) is 4.32. The highest BCUT2D eigenvalue weighted by Gasteiger charge is 2.24. The first-order chi connectivity index (χ1) is 9.10. The molecule has 2 rings (SSSR count). The highest BCUT2D eigenvalue weighted by molar-refractivity contribution is 7.10. The molecular formula is C15H17F2NS. The molecule has 1 atom stereocenters. The van der Waals surface area contributed by atoms with Crippen molar-refractivity contribution >= 4 is 11.3 Å². The third-order valence-electron chi connectivity index (χ3n) is 3.32. The lowest BCUT2D eigenvalue weighted by Crippen LogP contribution is -2.21. The molecule has 1 aromatic carbocycles. The fraction of sp³-hybridized carbons (Fsp3) is 0.333. The van der Waals surface area contributed by atoms with E-state index in [-0.39, 0.29) is 5.56 Å². The number of benzene rings is 1. The zero-order valence-corrected chi connectivity index (χ0v) is 12.1. The van der Waals surface area contributed by atoms with Crippen molar-refractivity contribution < 1.29 is 8.78 Å². The Bertz CT molecular complexity index is 578. The van der Waals surface area contributed by atoms with Crippen molar-refractivity contribution in [2.75, 3.05) is 7.05 Å². The second-order valence-electron chi connectivity index (χ2n) is 4.48. The maximum Gasteiger partial charge on any atom is 0.134 e. The van der Waals surface area contributed by atoms with Gasteiger partial charge in [-0.1, -0.05) is 13.0 Å². The molecule has 0 aliphatic heterocycles. The lowest BCUT2D eigenvalue weighted by atomic mass is 9.98. The first kappa shape index (κ1) is 14.2. The summed E-state index contributed by atoms with van der Waals surface area (Å²) in [6.45, 7) is 3.70. The quantitative estimate of drug-likeness (QED) is 0.885. The van der Waals surface area contributed by atoms with Gasteiger partial charge in [-0.3, -0.25) is 0 Å². The minimum absolute atomic E-state index is 0.111. The molecule has 1 nitrogen and oxygen atoms in total. The van der Waals surface area contributed by atoms with Gasteiger partial charge in [-0.05, 0) is 49.0 Å². The molecule has 0 aliphatic carbocycles. The summed E-state index contributed by atoms with van der Waals surface area (Å²) in [5.74, 6) is -0.965. The number of rotatable bonds is 4. The van der Waals surface area contributed by atoms with Gasteiger partial charge in [0, 0.05) is 10.4 Å². The SMILES string of the molecule is CCc1ccsc1C(NC)c1c(F)ccc(C)c1F. The lowest BCUT2D eigenvalue weighted by Gasteiger charge is -2.19.